The Morgan fingerprint density at radius 2 is 0.983 bits per heavy atom. The van der Waals surface area contributed by atoms with Crippen molar-refractivity contribution in [3.05, 3.63) is 12.2 Å². The minimum Gasteiger partial charge on any atom is -0.462 e. The van der Waals surface area contributed by atoms with Crippen LogP contribution in [0.25, 0.3) is 0 Å². The quantitative estimate of drug-likeness (QED) is 0.0252. The second-order valence-electron chi connectivity index (χ2n) is 16.6. The summed E-state index contributed by atoms with van der Waals surface area (Å²) in [7, 11) is 0. The van der Waals surface area contributed by atoms with Crippen LogP contribution in [0.5, 0.6) is 0 Å². The summed E-state index contributed by atoms with van der Waals surface area (Å²) in [6.45, 7) is 2.19. The van der Waals surface area contributed by atoms with Crippen LogP contribution in [0.3, 0.4) is 0 Å². The molecular formula is C45H82O15. The SMILES string of the molecule is CCCCCCCCCC/C=C\CCCCCCCCCCCCCC(=O)OC(COC(=O)CCC)COC1OC(COC2OC(CO)C(O)C(O)C2O)C(O)C(O)C1O. The van der Waals surface area contributed by atoms with E-state index in [0.29, 0.717) is 12.8 Å². The number of ether oxygens (including phenoxy) is 6. The fourth-order valence-electron chi connectivity index (χ4n) is 7.37. The lowest BCUT2D eigenvalue weighted by Gasteiger charge is -2.42. The maximum atomic E-state index is 12.8. The van der Waals surface area contributed by atoms with Crippen LogP contribution in [0, 0.1) is 0 Å². The van der Waals surface area contributed by atoms with E-state index in [1.165, 1.54) is 109 Å². The van der Waals surface area contributed by atoms with Crippen molar-refractivity contribution in [3.8, 4) is 0 Å². The Kier molecular flexibility index (Phi) is 30.6. The first-order chi connectivity index (χ1) is 29.0. The van der Waals surface area contributed by atoms with Crippen molar-refractivity contribution in [2.45, 2.75) is 235 Å². The second-order valence-corrected chi connectivity index (χ2v) is 16.6. The Morgan fingerprint density at radius 3 is 1.50 bits per heavy atom. The highest BCUT2D eigenvalue weighted by Crippen LogP contribution is 2.26. The van der Waals surface area contributed by atoms with Gasteiger partial charge < -0.3 is 64.2 Å². The third kappa shape index (κ3) is 22.5. The van der Waals surface area contributed by atoms with E-state index in [0.717, 1.165) is 19.3 Å². The summed E-state index contributed by atoms with van der Waals surface area (Å²) in [5.74, 6) is -0.982. The molecule has 2 aliphatic heterocycles. The fourth-order valence-corrected chi connectivity index (χ4v) is 7.37. The molecular weight excluding hydrogens is 780 g/mol. The van der Waals surface area contributed by atoms with E-state index in [4.69, 9.17) is 28.4 Å². The molecule has 2 saturated heterocycles. The highest BCUT2D eigenvalue weighted by molar-refractivity contribution is 5.70. The molecule has 11 unspecified atom stereocenters. The van der Waals surface area contributed by atoms with Gasteiger partial charge in [-0.15, -0.1) is 0 Å². The number of hydrogen-bond acceptors (Lipinski definition) is 15. The molecule has 0 saturated carbocycles. The normalized spacial score (nSPS) is 27.6. The summed E-state index contributed by atoms with van der Waals surface area (Å²) in [6.07, 6.45) is 14.6. The zero-order valence-corrected chi connectivity index (χ0v) is 36.7. The number of hydrogen-bond donors (Lipinski definition) is 7. The smallest absolute Gasteiger partial charge is 0.306 e. The van der Waals surface area contributed by atoms with Crippen molar-refractivity contribution in [2.75, 3.05) is 26.4 Å². The number of aliphatic hydroxyl groups is 7. The molecule has 2 heterocycles. The number of unbranched alkanes of at least 4 members (excludes halogenated alkanes) is 19. The summed E-state index contributed by atoms with van der Waals surface area (Å²) in [5.41, 5.74) is 0. The molecule has 60 heavy (non-hydrogen) atoms. The van der Waals surface area contributed by atoms with Crippen LogP contribution >= 0.6 is 0 Å². The van der Waals surface area contributed by atoms with Gasteiger partial charge in [0.05, 0.1) is 19.8 Å². The first kappa shape index (κ1) is 54.4. The zero-order chi connectivity index (χ0) is 44.0. The number of carbonyl (C=O) groups is 2. The molecule has 0 bridgehead atoms. The fraction of sp³-hybridized carbons (Fsp3) is 0.911. The van der Waals surface area contributed by atoms with Gasteiger partial charge >= 0.3 is 11.9 Å². The predicted molar refractivity (Wildman–Crippen MR) is 224 cm³/mol. The molecule has 15 nitrogen and oxygen atoms in total. The molecule has 0 spiro atoms. The second kappa shape index (κ2) is 33.8. The topological polar surface area (TPSA) is 231 Å². The van der Waals surface area contributed by atoms with Crippen molar-refractivity contribution in [1.82, 2.24) is 0 Å². The average Bonchev–Trinajstić information content (AvgIpc) is 3.24. The molecule has 15 heteroatoms. The van der Waals surface area contributed by atoms with Crippen LogP contribution in [0.1, 0.15) is 168 Å². The van der Waals surface area contributed by atoms with Gasteiger partial charge in [-0.1, -0.05) is 129 Å². The minimum absolute atomic E-state index is 0.165. The van der Waals surface area contributed by atoms with Gasteiger partial charge in [-0.2, -0.15) is 0 Å². The van der Waals surface area contributed by atoms with E-state index in [-0.39, 0.29) is 26.1 Å². The Morgan fingerprint density at radius 1 is 0.517 bits per heavy atom. The third-order valence-corrected chi connectivity index (χ3v) is 11.2. The van der Waals surface area contributed by atoms with E-state index < -0.39 is 92.7 Å². The number of rotatable bonds is 35. The predicted octanol–water partition coefficient (Wildman–Crippen LogP) is 5.04. The monoisotopic (exact) mass is 863 g/mol. The molecule has 0 amide bonds. The van der Waals surface area contributed by atoms with Crippen LogP contribution in [0.2, 0.25) is 0 Å². The molecule has 0 radical (unpaired) electrons. The Bertz CT molecular complexity index is 1110. The lowest BCUT2D eigenvalue weighted by molar-refractivity contribution is -0.332. The van der Waals surface area contributed by atoms with E-state index >= 15 is 0 Å². The zero-order valence-electron chi connectivity index (χ0n) is 36.7. The summed E-state index contributed by atoms with van der Waals surface area (Å²) in [6, 6.07) is 0. The van der Waals surface area contributed by atoms with E-state index in [9.17, 15) is 45.3 Å². The van der Waals surface area contributed by atoms with E-state index in [1.54, 1.807) is 0 Å². The van der Waals surface area contributed by atoms with Crippen molar-refractivity contribution in [2.24, 2.45) is 0 Å². The molecule has 0 aliphatic carbocycles. The van der Waals surface area contributed by atoms with Gasteiger partial charge in [0.1, 0.15) is 55.4 Å². The van der Waals surface area contributed by atoms with Crippen molar-refractivity contribution < 1.29 is 73.8 Å². The van der Waals surface area contributed by atoms with Gasteiger partial charge in [0, 0.05) is 12.8 Å². The molecule has 0 aromatic rings. The standard InChI is InChI=1S/C45H82O15/c1-3-5-6-7-8-9-10-11-12-13-14-15-16-17-18-19-20-21-22-23-24-25-26-28-37(48)58-33(30-55-36(47)27-4-2)31-56-44-43(54)41(52)39(50)35(60-44)32-57-45-42(53)40(51)38(49)34(29-46)59-45/h13-14,33-35,38-46,49-54H,3-12,15-32H2,1-2H3/b14-13-. The highest BCUT2D eigenvalue weighted by Gasteiger charge is 2.47. The first-order valence-electron chi connectivity index (χ1n) is 23.3. The van der Waals surface area contributed by atoms with Gasteiger partial charge in [0.25, 0.3) is 0 Å². The summed E-state index contributed by atoms with van der Waals surface area (Å²) in [4.78, 5) is 24.9. The molecule has 2 rings (SSSR count). The lowest BCUT2D eigenvalue weighted by atomic mass is 9.98. The number of allylic oxidation sites excluding steroid dienone is 2. The van der Waals surface area contributed by atoms with Crippen molar-refractivity contribution >= 4 is 11.9 Å². The van der Waals surface area contributed by atoms with Crippen LogP contribution < -0.4 is 0 Å². The van der Waals surface area contributed by atoms with Gasteiger partial charge in [0.2, 0.25) is 0 Å². The van der Waals surface area contributed by atoms with Gasteiger partial charge in [-0.3, -0.25) is 9.59 Å². The van der Waals surface area contributed by atoms with E-state index in [1.807, 2.05) is 6.92 Å². The first-order valence-corrected chi connectivity index (χ1v) is 23.3. The molecule has 2 aliphatic rings. The maximum absolute atomic E-state index is 12.8. The molecule has 0 aromatic heterocycles. The third-order valence-electron chi connectivity index (χ3n) is 11.2. The van der Waals surface area contributed by atoms with Crippen LogP contribution in [0.4, 0.5) is 0 Å². The maximum Gasteiger partial charge on any atom is 0.306 e. The summed E-state index contributed by atoms with van der Waals surface area (Å²) in [5, 5.41) is 71.4. The molecule has 2 fully saturated rings. The lowest BCUT2D eigenvalue weighted by Crippen LogP contribution is -2.61. The van der Waals surface area contributed by atoms with Crippen LogP contribution in [0.15, 0.2) is 12.2 Å². The van der Waals surface area contributed by atoms with Crippen LogP contribution in [-0.4, -0.2) is 142 Å². The molecule has 7 N–H and O–H groups in total. The largest absolute Gasteiger partial charge is 0.462 e. The Hall–Kier alpha value is -1.76. The highest BCUT2D eigenvalue weighted by atomic mass is 16.7. The summed E-state index contributed by atoms with van der Waals surface area (Å²) >= 11 is 0. The van der Waals surface area contributed by atoms with Gasteiger partial charge in [-0.25, -0.2) is 0 Å². The minimum atomic E-state index is -1.76. The van der Waals surface area contributed by atoms with Crippen molar-refractivity contribution in [3.63, 3.8) is 0 Å². The van der Waals surface area contributed by atoms with Gasteiger partial charge in [-0.05, 0) is 38.5 Å². The molecule has 0 aromatic carbocycles. The number of aliphatic hydroxyl groups excluding tert-OH is 7. The average molecular weight is 863 g/mol. The molecule has 352 valence electrons. The summed E-state index contributed by atoms with van der Waals surface area (Å²) < 4.78 is 32.9. The Balaban J connectivity index is 1.63. The molecule has 11 atom stereocenters. The van der Waals surface area contributed by atoms with Crippen molar-refractivity contribution in [1.29, 1.82) is 0 Å². The van der Waals surface area contributed by atoms with E-state index in [2.05, 4.69) is 19.1 Å². The van der Waals surface area contributed by atoms with Gasteiger partial charge in [0.15, 0.2) is 18.7 Å². The number of carbonyl (C=O) groups excluding carboxylic acids is 2. The van der Waals surface area contributed by atoms with Crippen LogP contribution in [-0.2, 0) is 38.0 Å². The number of esters is 2. The Labute approximate surface area is 359 Å².